The van der Waals surface area contributed by atoms with Crippen LogP contribution >= 0.6 is 11.8 Å². The van der Waals surface area contributed by atoms with E-state index in [0.29, 0.717) is 13.1 Å². The van der Waals surface area contributed by atoms with Crippen molar-refractivity contribution < 1.29 is 14.4 Å². The van der Waals surface area contributed by atoms with Crippen molar-refractivity contribution in [2.24, 2.45) is 0 Å². The van der Waals surface area contributed by atoms with Crippen LogP contribution in [0.25, 0.3) is 0 Å². The topological polar surface area (TPSA) is 69.7 Å². The number of rotatable bonds is 4. The first-order valence-corrected chi connectivity index (χ1v) is 11.2. The largest absolute Gasteiger partial charge is 0.352 e. The number of hydrogen-bond donors (Lipinski definition) is 1. The van der Waals surface area contributed by atoms with Gasteiger partial charge >= 0.3 is 0 Å². The van der Waals surface area contributed by atoms with Gasteiger partial charge in [-0.3, -0.25) is 14.4 Å². The van der Waals surface area contributed by atoms with Gasteiger partial charge in [0.05, 0.1) is 5.69 Å². The Bertz CT molecular complexity index is 757. The molecule has 0 spiro atoms. The van der Waals surface area contributed by atoms with Crippen LogP contribution in [0.4, 0.5) is 5.69 Å². The van der Waals surface area contributed by atoms with Crippen molar-refractivity contribution in [2.75, 3.05) is 24.5 Å². The van der Waals surface area contributed by atoms with Gasteiger partial charge in [-0.2, -0.15) is 0 Å². The fraction of sp³-hybridized carbons (Fsp3) is 0.571. The van der Waals surface area contributed by atoms with Gasteiger partial charge in [0.2, 0.25) is 11.8 Å². The number of likely N-dealkylation sites (tertiary alicyclic amines) is 1. The smallest absolute Gasteiger partial charge is 0.250 e. The number of thioether (sulfide) groups is 1. The summed E-state index contributed by atoms with van der Waals surface area (Å²) in [7, 11) is 0. The van der Waals surface area contributed by atoms with E-state index in [1.165, 1.54) is 16.7 Å². The summed E-state index contributed by atoms with van der Waals surface area (Å²) in [5.41, 5.74) is 0.724. The van der Waals surface area contributed by atoms with Crippen molar-refractivity contribution >= 4 is 35.2 Å². The molecule has 150 valence electrons. The molecule has 3 amide bonds. The van der Waals surface area contributed by atoms with E-state index in [9.17, 15) is 14.4 Å². The van der Waals surface area contributed by atoms with Crippen LogP contribution in [0.5, 0.6) is 0 Å². The van der Waals surface area contributed by atoms with Gasteiger partial charge in [-0.25, -0.2) is 0 Å². The number of para-hydroxylation sites is 1. The lowest BCUT2D eigenvalue weighted by Gasteiger charge is -2.36. The van der Waals surface area contributed by atoms with Crippen LogP contribution in [0, 0.1) is 0 Å². The molecule has 28 heavy (non-hydrogen) atoms. The molecule has 1 atom stereocenters. The van der Waals surface area contributed by atoms with Crippen LogP contribution in [0.15, 0.2) is 29.2 Å². The van der Waals surface area contributed by atoms with Gasteiger partial charge < -0.3 is 15.1 Å². The van der Waals surface area contributed by atoms with Crippen LogP contribution in [-0.4, -0.2) is 53.5 Å². The number of nitrogens with zero attached hydrogens (tertiary/aromatic N) is 2. The second-order valence-corrected chi connectivity index (χ2v) is 8.97. The molecule has 0 unspecified atom stereocenters. The van der Waals surface area contributed by atoms with Gasteiger partial charge in [-0.1, -0.05) is 25.0 Å². The number of fused-ring (bicyclic) bond motifs is 1. The Morgan fingerprint density at radius 1 is 1.04 bits per heavy atom. The summed E-state index contributed by atoms with van der Waals surface area (Å²) in [5, 5.41) is 2.25. The maximum Gasteiger partial charge on any atom is 0.250 e. The molecule has 2 heterocycles. The van der Waals surface area contributed by atoms with Gasteiger partial charge in [-0.05, 0) is 44.2 Å². The zero-order valence-electron chi connectivity index (χ0n) is 16.1. The van der Waals surface area contributed by atoms with Crippen molar-refractivity contribution in [2.45, 2.75) is 61.1 Å². The molecule has 1 saturated heterocycles. The summed E-state index contributed by atoms with van der Waals surface area (Å²) in [6, 6.07) is 7.75. The minimum atomic E-state index is -0.799. The van der Waals surface area contributed by atoms with Crippen molar-refractivity contribution in [3.8, 4) is 0 Å². The lowest BCUT2D eigenvalue weighted by atomic mass is 10.1. The number of piperidine rings is 1. The highest BCUT2D eigenvalue weighted by molar-refractivity contribution is 8.01. The van der Waals surface area contributed by atoms with Crippen LogP contribution in [-0.2, 0) is 14.4 Å². The zero-order valence-corrected chi connectivity index (χ0v) is 16.9. The number of anilines is 1. The first-order valence-electron chi connectivity index (χ1n) is 10.3. The standard InChI is InChI=1S/C21H27N3O3S/c25-18(22-15-8-2-3-9-15)14-24-16-10-4-5-11-17(16)28-19(21(24)27)20(26)23-12-6-1-7-13-23/h4-5,10-11,15,19H,1-3,6-9,12-14H2,(H,22,25)/t19-/m0/s1. The molecule has 0 bridgehead atoms. The molecule has 2 fully saturated rings. The summed E-state index contributed by atoms with van der Waals surface area (Å²) in [4.78, 5) is 43.0. The summed E-state index contributed by atoms with van der Waals surface area (Å²) in [6.07, 6.45) is 7.39. The molecule has 1 saturated carbocycles. The molecule has 6 nitrogen and oxygen atoms in total. The molecule has 3 aliphatic rings. The highest BCUT2D eigenvalue weighted by Crippen LogP contribution is 2.39. The first-order chi connectivity index (χ1) is 13.6. The van der Waals surface area contributed by atoms with Gasteiger partial charge in [0.1, 0.15) is 6.54 Å². The molecular weight excluding hydrogens is 374 g/mol. The SMILES string of the molecule is O=C(CN1C(=O)[C@H](C(=O)N2CCCCC2)Sc2ccccc21)NC1CCCC1. The molecule has 1 aromatic carbocycles. The molecule has 0 aromatic heterocycles. The van der Waals surface area contributed by atoms with Crippen molar-refractivity contribution in [3.05, 3.63) is 24.3 Å². The minimum absolute atomic E-state index is 0.0311. The lowest BCUT2D eigenvalue weighted by molar-refractivity contribution is -0.136. The van der Waals surface area contributed by atoms with Gasteiger partial charge in [0.15, 0.2) is 5.25 Å². The maximum absolute atomic E-state index is 13.2. The Morgan fingerprint density at radius 2 is 1.75 bits per heavy atom. The monoisotopic (exact) mass is 401 g/mol. The Morgan fingerprint density at radius 3 is 2.50 bits per heavy atom. The van der Waals surface area contributed by atoms with Crippen molar-refractivity contribution in [3.63, 3.8) is 0 Å². The van der Waals surface area contributed by atoms with Gasteiger partial charge in [0, 0.05) is 24.0 Å². The highest BCUT2D eigenvalue weighted by atomic mass is 32.2. The van der Waals surface area contributed by atoms with Gasteiger partial charge in [0.25, 0.3) is 5.91 Å². The van der Waals surface area contributed by atoms with E-state index in [1.807, 2.05) is 29.2 Å². The number of amides is 3. The number of hydrogen-bond acceptors (Lipinski definition) is 4. The molecule has 1 aliphatic carbocycles. The molecule has 2 aliphatic heterocycles. The first kappa shape index (κ1) is 19.3. The Hall–Kier alpha value is -2.02. The highest BCUT2D eigenvalue weighted by Gasteiger charge is 2.41. The molecule has 0 radical (unpaired) electrons. The number of carbonyl (C=O) groups is 3. The van der Waals surface area contributed by atoms with Crippen LogP contribution in [0.3, 0.4) is 0 Å². The Balaban J connectivity index is 1.52. The van der Waals surface area contributed by atoms with E-state index in [0.717, 1.165) is 55.5 Å². The average Bonchev–Trinajstić information content (AvgIpc) is 3.23. The third kappa shape index (κ3) is 4.04. The predicted molar refractivity (Wildman–Crippen MR) is 109 cm³/mol. The molecule has 4 rings (SSSR count). The summed E-state index contributed by atoms with van der Waals surface area (Å²) < 4.78 is 0. The third-order valence-corrected chi connectivity index (χ3v) is 7.04. The van der Waals surface area contributed by atoms with E-state index >= 15 is 0 Å². The predicted octanol–water partition coefficient (Wildman–Crippen LogP) is 2.57. The zero-order chi connectivity index (χ0) is 19.5. The number of benzene rings is 1. The Labute approximate surface area is 170 Å². The quantitative estimate of drug-likeness (QED) is 0.788. The number of carbonyl (C=O) groups excluding carboxylic acids is 3. The summed E-state index contributed by atoms with van der Waals surface area (Å²) in [6.45, 7) is 1.40. The second kappa shape index (κ2) is 8.55. The number of nitrogens with one attached hydrogen (secondary N) is 1. The van der Waals surface area contributed by atoms with E-state index in [4.69, 9.17) is 0 Å². The van der Waals surface area contributed by atoms with Crippen LogP contribution < -0.4 is 10.2 Å². The normalized spacial score (nSPS) is 22.9. The van der Waals surface area contributed by atoms with Crippen LogP contribution in [0.2, 0.25) is 0 Å². The fourth-order valence-electron chi connectivity index (χ4n) is 4.30. The van der Waals surface area contributed by atoms with Crippen LogP contribution in [0.1, 0.15) is 44.9 Å². The van der Waals surface area contributed by atoms with E-state index in [2.05, 4.69) is 5.32 Å². The molecule has 1 N–H and O–H groups in total. The van der Waals surface area contributed by atoms with E-state index in [1.54, 1.807) is 0 Å². The maximum atomic E-state index is 13.2. The second-order valence-electron chi connectivity index (χ2n) is 7.82. The third-order valence-electron chi connectivity index (χ3n) is 5.81. The van der Waals surface area contributed by atoms with Crippen molar-refractivity contribution in [1.29, 1.82) is 0 Å². The van der Waals surface area contributed by atoms with Gasteiger partial charge in [-0.15, -0.1) is 11.8 Å². The Kier molecular flexibility index (Phi) is 5.90. The molecule has 7 heteroatoms. The summed E-state index contributed by atoms with van der Waals surface area (Å²) >= 11 is 1.32. The summed E-state index contributed by atoms with van der Waals surface area (Å²) in [5.74, 6) is -0.544. The lowest BCUT2D eigenvalue weighted by Crippen LogP contribution is -2.53. The van der Waals surface area contributed by atoms with Crippen molar-refractivity contribution in [1.82, 2.24) is 10.2 Å². The minimum Gasteiger partial charge on any atom is -0.352 e. The van der Waals surface area contributed by atoms with E-state index < -0.39 is 5.25 Å². The average molecular weight is 402 g/mol. The molecular formula is C21H27N3O3S. The van der Waals surface area contributed by atoms with E-state index in [-0.39, 0.29) is 30.3 Å². The molecule has 1 aromatic rings. The fourth-order valence-corrected chi connectivity index (χ4v) is 5.49.